The first-order valence-electron chi connectivity index (χ1n) is 8.90. The van der Waals surface area contributed by atoms with Crippen LogP contribution in [-0.2, 0) is 0 Å². The van der Waals surface area contributed by atoms with Gasteiger partial charge in [0.25, 0.3) is 0 Å². The molecule has 2 heteroatoms. The van der Waals surface area contributed by atoms with Crippen LogP contribution in [0.4, 0.5) is 0 Å². The molecule has 0 aromatic rings. The second-order valence-electron chi connectivity index (χ2n) is 8.77. The molecule has 0 aromatic carbocycles. The maximum Gasteiger partial charge on any atom is 0.0554 e. The fourth-order valence-electron chi connectivity index (χ4n) is 5.85. The fraction of sp³-hybridized carbons (Fsp3) is 1.00. The Hall–Kier alpha value is -0.0800. The molecular formula is C18H33NO. The highest BCUT2D eigenvalue weighted by Crippen LogP contribution is 2.69. The zero-order valence-corrected chi connectivity index (χ0v) is 13.5. The Bertz CT molecular complexity index is 327. The number of hydrogen-bond donors (Lipinski definition) is 2. The van der Waals surface area contributed by atoms with Crippen molar-refractivity contribution < 1.29 is 5.11 Å². The molecule has 3 bridgehead atoms. The van der Waals surface area contributed by atoms with Gasteiger partial charge in [-0.05, 0) is 74.2 Å². The molecule has 1 spiro atoms. The topological polar surface area (TPSA) is 32.3 Å². The zero-order valence-electron chi connectivity index (χ0n) is 13.5. The second kappa shape index (κ2) is 5.61. The molecule has 2 N–H and O–H groups in total. The molecule has 116 valence electrons. The number of aliphatic hydroxyl groups excluding tert-OH is 1. The SMILES string of the molecule is CC(C)CC(O)CCNCC12CC3CCCC(C3)(C1)C2. The van der Waals surface area contributed by atoms with Crippen molar-refractivity contribution in [2.45, 2.75) is 77.7 Å². The van der Waals surface area contributed by atoms with E-state index in [1.807, 2.05) is 0 Å². The normalized spacial score (nSPS) is 40.5. The maximum atomic E-state index is 9.92. The highest BCUT2D eigenvalue weighted by Gasteiger charge is 2.59. The van der Waals surface area contributed by atoms with Gasteiger partial charge in [0.05, 0.1) is 6.10 Å². The smallest absolute Gasteiger partial charge is 0.0554 e. The number of aliphatic hydroxyl groups is 1. The van der Waals surface area contributed by atoms with E-state index in [2.05, 4.69) is 19.2 Å². The standard InChI is InChI=1S/C18H33NO/c1-14(2)8-16(20)5-7-19-13-18-10-15-4-3-6-17(9-15,11-18)12-18/h14-16,19-20H,3-13H2,1-2H3. The molecule has 4 aliphatic carbocycles. The minimum atomic E-state index is -0.113. The van der Waals surface area contributed by atoms with Gasteiger partial charge in [-0.3, -0.25) is 0 Å². The van der Waals surface area contributed by atoms with Crippen LogP contribution in [0, 0.1) is 22.7 Å². The van der Waals surface area contributed by atoms with Crippen molar-refractivity contribution in [3.05, 3.63) is 0 Å². The van der Waals surface area contributed by atoms with Gasteiger partial charge in [-0.15, -0.1) is 0 Å². The molecule has 2 atom stereocenters. The van der Waals surface area contributed by atoms with Crippen LogP contribution in [0.3, 0.4) is 0 Å². The van der Waals surface area contributed by atoms with Gasteiger partial charge >= 0.3 is 0 Å². The Kier molecular flexibility index (Phi) is 4.16. The van der Waals surface area contributed by atoms with Crippen LogP contribution in [0.2, 0.25) is 0 Å². The summed E-state index contributed by atoms with van der Waals surface area (Å²) in [4.78, 5) is 0. The lowest BCUT2D eigenvalue weighted by Gasteiger charge is -2.66. The average molecular weight is 279 g/mol. The third kappa shape index (κ3) is 3.06. The molecular weight excluding hydrogens is 246 g/mol. The van der Waals surface area contributed by atoms with Gasteiger partial charge in [0.2, 0.25) is 0 Å². The van der Waals surface area contributed by atoms with Gasteiger partial charge in [0.1, 0.15) is 0 Å². The summed E-state index contributed by atoms with van der Waals surface area (Å²) >= 11 is 0. The van der Waals surface area contributed by atoms with E-state index in [0.717, 1.165) is 30.7 Å². The molecule has 0 heterocycles. The summed E-state index contributed by atoms with van der Waals surface area (Å²) in [6, 6.07) is 0. The maximum absolute atomic E-state index is 9.92. The van der Waals surface area contributed by atoms with E-state index >= 15 is 0 Å². The van der Waals surface area contributed by atoms with Crippen molar-refractivity contribution in [3.8, 4) is 0 Å². The molecule has 4 saturated carbocycles. The van der Waals surface area contributed by atoms with E-state index in [4.69, 9.17) is 0 Å². The molecule has 4 fully saturated rings. The molecule has 4 rings (SSSR count). The molecule has 0 saturated heterocycles. The first-order chi connectivity index (χ1) is 9.51. The van der Waals surface area contributed by atoms with Crippen molar-refractivity contribution in [3.63, 3.8) is 0 Å². The second-order valence-corrected chi connectivity index (χ2v) is 8.77. The molecule has 20 heavy (non-hydrogen) atoms. The Morgan fingerprint density at radius 3 is 2.75 bits per heavy atom. The summed E-state index contributed by atoms with van der Waals surface area (Å²) in [6.07, 6.45) is 12.3. The minimum absolute atomic E-state index is 0.113. The first kappa shape index (κ1) is 14.8. The molecule has 0 aliphatic heterocycles. The van der Waals surface area contributed by atoms with Gasteiger partial charge in [-0.1, -0.05) is 26.7 Å². The first-order valence-corrected chi connectivity index (χ1v) is 8.90. The predicted octanol–water partition coefficient (Wildman–Crippen LogP) is 3.73. The summed E-state index contributed by atoms with van der Waals surface area (Å²) in [5.74, 6) is 1.65. The Labute approximate surface area is 124 Å². The summed E-state index contributed by atoms with van der Waals surface area (Å²) in [5.41, 5.74) is 1.42. The predicted molar refractivity (Wildman–Crippen MR) is 83.6 cm³/mol. The summed E-state index contributed by atoms with van der Waals surface area (Å²) in [6.45, 7) is 6.57. The van der Waals surface area contributed by atoms with Crippen molar-refractivity contribution in [2.75, 3.05) is 13.1 Å². The van der Waals surface area contributed by atoms with Crippen LogP contribution in [0.1, 0.15) is 71.6 Å². The quantitative estimate of drug-likeness (QED) is 0.696. The van der Waals surface area contributed by atoms with E-state index in [1.165, 1.54) is 45.1 Å². The van der Waals surface area contributed by atoms with Crippen LogP contribution in [0.15, 0.2) is 0 Å². The molecule has 0 amide bonds. The minimum Gasteiger partial charge on any atom is -0.393 e. The van der Waals surface area contributed by atoms with Gasteiger partial charge in [-0.2, -0.15) is 0 Å². The van der Waals surface area contributed by atoms with Gasteiger partial charge in [0, 0.05) is 6.54 Å². The van der Waals surface area contributed by atoms with Gasteiger partial charge < -0.3 is 10.4 Å². The third-order valence-electron chi connectivity index (χ3n) is 6.16. The number of rotatable bonds is 7. The summed E-state index contributed by atoms with van der Waals surface area (Å²) in [5, 5.41) is 13.6. The zero-order chi connectivity index (χ0) is 14.2. The number of hydrogen-bond acceptors (Lipinski definition) is 2. The van der Waals surface area contributed by atoms with Crippen molar-refractivity contribution in [2.24, 2.45) is 22.7 Å². The van der Waals surface area contributed by atoms with Crippen molar-refractivity contribution in [1.29, 1.82) is 0 Å². The Balaban J connectivity index is 1.37. The van der Waals surface area contributed by atoms with Crippen molar-refractivity contribution >= 4 is 0 Å². The largest absolute Gasteiger partial charge is 0.393 e. The monoisotopic (exact) mass is 279 g/mol. The van der Waals surface area contributed by atoms with E-state index in [9.17, 15) is 5.11 Å². The van der Waals surface area contributed by atoms with Crippen LogP contribution in [-0.4, -0.2) is 24.3 Å². The highest BCUT2D eigenvalue weighted by molar-refractivity contribution is 5.11. The van der Waals surface area contributed by atoms with Crippen LogP contribution in [0.5, 0.6) is 0 Å². The average Bonchev–Trinajstić information content (AvgIpc) is 2.32. The summed E-state index contributed by atoms with van der Waals surface area (Å²) < 4.78 is 0. The van der Waals surface area contributed by atoms with Gasteiger partial charge in [-0.25, -0.2) is 0 Å². The summed E-state index contributed by atoms with van der Waals surface area (Å²) in [7, 11) is 0. The lowest BCUT2D eigenvalue weighted by atomic mass is 9.40. The highest BCUT2D eigenvalue weighted by atomic mass is 16.3. The van der Waals surface area contributed by atoms with Crippen LogP contribution >= 0.6 is 0 Å². The lowest BCUT2D eigenvalue weighted by Crippen LogP contribution is -2.58. The molecule has 4 aliphatic rings. The fourth-order valence-corrected chi connectivity index (χ4v) is 5.85. The van der Waals surface area contributed by atoms with E-state index in [1.54, 1.807) is 6.42 Å². The van der Waals surface area contributed by atoms with E-state index < -0.39 is 0 Å². The Morgan fingerprint density at radius 1 is 1.25 bits per heavy atom. The molecule has 2 unspecified atom stereocenters. The van der Waals surface area contributed by atoms with E-state index in [-0.39, 0.29) is 6.10 Å². The molecule has 2 nitrogen and oxygen atoms in total. The molecule has 0 radical (unpaired) electrons. The van der Waals surface area contributed by atoms with Crippen molar-refractivity contribution in [1.82, 2.24) is 5.32 Å². The third-order valence-corrected chi connectivity index (χ3v) is 6.16. The Morgan fingerprint density at radius 2 is 2.05 bits per heavy atom. The van der Waals surface area contributed by atoms with Crippen LogP contribution in [0.25, 0.3) is 0 Å². The molecule has 0 aromatic heterocycles. The lowest BCUT2D eigenvalue weighted by molar-refractivity contribution is -0.143. The van der Waals surface area contributed by atoms with Gasteiger partial charge in [0.15, 0.2) is 0 Å². The van der Waals surface area contributed by atoms with Crippen LogP contribution < -0.4 is 5.32 Å². The number of nitrogens with one attached hydrogen (secondary N) is 1. The van der Waals surface area contributed by atoms with E-state index in [0.29, 0.717) is 11.3 Å².